The van der Waals surface area contributed by atoms with Gasteiger partial charge in [-0.2, -0.15) is 0 Å². The van der Waals surface area contributed by atoms with Gasteiger partial charge >= 0.3 is 5.97 Å². The predicted octanol–water partition coefficient (Wildman–Crippen LogP) is 3.65. The first-order valence-electron chi connectivity index (χ1n) is 8.22. The van der Waals surface area contributed by atoms with Gasteiger partial charge in [0.2, 0.25) is 0 Å². The molecule has 0 saturated carbocycles. The molecule has 0 atom stereocenters. The molecule has 3 rings (SSSR count). The van der Waals surface area contributed by atoms with Gasteiger partial charge in [-0.3, -0.25) is 14.2 Å². The van der Waals surface area contributed by atoms with Crippen LogP contribution < -0.4 is 10.3 Å². The number of aromatic nitrogens is 2. The number of nitrogens with zero attached hydrogens (tertiary/aromatic N) is 2. The van der Waals surface area contributed by atoms with Gasteiger partial charge in [-0.25, -0.2) is 4.98 Å². The van der Waals surface area contributed by atoms with Crippen LogP contribution in [0, 0.1) is 6.92 Å². The third kappa shape index (κ3) is 3.10. The topological polar surface area (TPSA) is 81.4 Å². The molecule has 1 aromatic carbocycles. The number of aryl methyl sites for hydroxylation is 1. The van der Waals surface area contributed by atoms with E-state index in [-0.39, 0.29) is 11.5 Å². The molecule has 0 radical (unpaired) electrons. The summed E-state index contributed by atoms with van der Waals surface area (Å²) in [6.45, 7) is 5.33. The van der Waals surface area contributed by atoms with Gasteiger partial charge in [-0.15, -0.1) is 11.3 Å². The number of benzene rings is 1. The first-order chi connectivity index (χ1) is 12.3. The lowest BCUT2D eigenvalue weighted by molar-refractivity contribution is -0.137. The van der Waals surface area contributed by atoms with Gasteiger partial charge in [-0.05, 0) is 30.2 Å². The van der Waals surface area contributed by atoms with E-state index in [4.69, 9.17) is 4.74 Å². The maximum atomic E-state index is 13.1. The van der Waals surface area contributed by atoms with Crippen LogP contribution in [0.4, 0.5) is 0 Å². The largest absolute Gasteiger partial charge is 0.496 e. The normalized spacial score (nSPS) is 11.3. The van der Waals surface area contributed by atoms with E-state index in [1.165, 1.54) is 15.9 Å². The molecule has 1 N–H and O–H groups in total. The molecule has 0 bridgehead atoms. The maximum absolute atomic E-state index is 13.1. The molecule has 7 heteroatoms. The van der Waals surface area contributed by atoms with Gasteiger partial charge in [0.05, 0.1) is 12.5 Å². The number of carboxylic acid groups (broad SMARTS) is 1. The molecule has 6 nitrogen and oxygen atoms in total. The first-order valence-corrected chi connectivity index (χ1v) is 9.10. The second kappa shape index (κ2) is 6.92. The number of methoxy groups -OCH3 is 1. The van der Waals surface area contributed by atoms with Gasteiger partial charge < -0.3 is 9.84 Å². The Morgan fingerprint density at radius 2 is 2.12 bits per heavy atom. The lowest BCUT2D eigenvalue weighted by Crippen LogP contribution is -2.29. The number of carboxylic acids is 1. The molecule has 0 aliphatic rings. The number of thiophene rings is 1. The van der Waals surface area contributed by atoms with Crippen molar-refractivity contribution in [2.75, 3.05) is 7.11 Å². The lowest BCUT2D eigenvalue weighted by Gasteiger charge is -2.13. The fraction of sp³-hybridized carbons (Fsp3) is 0.316. The van der Waals surface area contributed by atoms with E-state index in [0.29, 0.717) is 16.0 Å². The van der Waals surface area contributed by atoms with E-state index in [0.717, 1.165) is 22.4 Å². The Labute approximate surface area is 154 Å². The molecule has 3 aromatic rings. The van der Waals surface area contributed by atoms with Crippen molar-refractivity contribution in [2.24, 2.45) is 0 Å². The van der Waals surface area contributed by atoms with E-state index in [2.05, 4.69) is 4.98 Å². The van der Waals surface area contributed by atoms with Gasteiger partial charge in [0, 0.05) is 16.9 Å². The van der Waals surface area contributed by atoms with Crippen LogP contribution in [0.15, 0.2) is 28.4 Å². The second-order valence-corrected chi connectivity index (χ2v) is 7.28. The summed E-state index contributed by atoms with van der Waals surface area (Å²) in [5, 5.41) is 11.6. The van der Waals surface area contributed by atoms with Crippen molar-refractivity contribution in [3.8, 4) is 16.9 Å². The maximum Gasteiger partial charge on any atom is 0.323 e. The highest BCUT2D eigenvalue weighted by molar-refractivity contribution is 7.17. The van der Waals surface area contributed by atoms with Crippen molar-refractivity contribution < 1.29 is 14.6 Å². The highest BCUT2D eigenvalue weighted by Gasteiger charge is 2.20. The van der Waals surface area contributed by atoms with Gasteiger partial charge in [-0.1, -0.05) is 19.9 Å². The zero-order chi connectivity index (χ0) is 19.0. The minimum Gasteiger partial charge on any atom is -0.496 e. The van der Waals surface area contributed by atoms with Gasteiger partial charge in [0.15, 0.2) is 0 Å². The molecule has 0 amide bonds. The summed E-state index contributed by atoms with van der Waals surface area (Å²) in [4.78, 5) is 29.5. The van der Waals surface area contributed by atoms with E-state index in [9.17, 15) is 14.7 Å². The zero-order valence-electron chi connectivity index (χ0n) is 15.1. The van der Waals surface area contributed by atoms with E-state index < -0.39 is 12.5 Å². The summed E-state index contributed by atoms with van der Waals surface area (Å²) in [5.41, 5.74) is 2.29. The Kier molecular flexibility index (Phi) is 4.82. The Hall–Kier alpha value is -2.67. The summed E-state index contributed by atoms with van der Waals surface area (Å²) < 4.78 is 6.56. The summed E-state index contributed by atoms with van der Waals surface area (Å²) in [6.07, 6.45) is 0. The molecule has 0 aliphatic carbocycles. The van der Waals surface area contributed by atoms with Crippen LogP contribution in [-0.2, 0) is 11.3 Å². The van der Waals surface area contributed by atoms with Crippen LogP contribution in [-0.4, -0.2) is 27.7 Å². The van der Waals surface area contributed by atoms with Crippen LogP contribution >= 0.6 is 11.3 Å². The van der Waals surface area contributed by atoms with Crippen LogP contribution in [0.1, 0.15) is 31.2 Å². The summed E-state index contributed by atoms with van der Waals surface area (Å²) in [5.74, 6) is 0.147. The molecular weight excluding hydrogens is 352 g/mol. The number of rotatable bonds is 5. The fourth-order valence-corrected chi connectivity index (χ4v) is 3.97. The van der Waals surface area contributed by atoms with Crippen molar-refractivity contribution >= 4 is 27.5 Å². The smallest absolute Gasteiger partial charge is 0.323 e. The van der Waals surface area contributed by atoms with Crippen molar-refractivity contribution in [1.29, 1.82) is 0 Å². The average Bonchev–Trinajstić information content (AvgIpc) is 3.00. The molecule has 26 heavy (non-hydrogen) atoms. The molecule has 2 heterocycles. The minimum atomic E-state index is -1.06. The number of fused-ring (bicyclic) bond motifs is 1. The summed E-state index contributed by atoms with van der Waals surface area (Å²) >= 11 is 1.39. The molecule has 0 spiro atoms. The SMILES string of the molecule is COc1ccc(-c2csc3nc(C(C)C)n(CC(=O)O)c(=O)c23)cc1C. The Bertz CT molecular complexity index is 1050. The molecule has 0 fully saturated rings. The average molecular weight is 372 g/mol. The third-order valence-electron chi connectivity index (χ3n) is 4.24. The van der Waals surface area contributed by atoms with Gasteiger partial charge in [0.25, 0.3) is 5.56 Å². The van der Waals surface area contributed by atoms with Crippen LogP contribution in [0.25, 0.3) is 21.3 Å². The summed E-state index contributed by atoms with van der Waals surface area (Å²) in [6, 6.07) is 5.71. The summed E-state index contributed by atoms with van der Waals surface area (Å²) in [7, 11) is 1.62. The van der Waals surface area contributed by atoms with E-state index >= 15 is 0 Å². The molecule has 2 aromatic heterocycles. The van der Waals surface area contributed by atoms with Crippen LogP contribution in [0.3, 0.4) is 0 Å². The fourth-order valence-electron chi connectivity index (χ4n) is 3.03. The monoisotopic (exact) mass is 372 g/mol. The number of hydrogen-bond acceptors (Lipinski definition) is 5. The standard InChI is InChI=1S/C19H20N2O4S/c1-10(2)17-20-18-16(19(24)21(17)8-15(22)23)13(9-26-18)12-5-6-14(25-4)11(3)7-12/h5-7,9-10H,8H2,1-4H3,(H,22,23). The number of carbonyl (C=O) groups is 1. The zero-order valence-corrected chi connectivity index (χ0v) is 15.9. The van der Waals surface area contributed by atoms with Crippen molar-refractivity contribution in [3.63, 3.8) is 0 Å². The van der Waals surface area contributed by atoms with Crippen LogP contribution in [0.5, 0.6) is 5.75 Å². The third-order valence-corrected chi connectivity index (χ3v) is 5.11. The van der Waals surface area contributed by atoms with Crippen molar-refractivity contribution in [3.05, 3.63) is 45.3 Å². The van der Waals surface area contributed by atoms with E-state index in [1.54, 1.807) is 7.11 Å². The molecule has 136 valence electrons. The Balaban J connectivity index is 2.28. The lowest BCUT2D eigenvalue weighted by atomic mass is 10.0. The minimum absolute atomic E-state index is 0.0553. The second-order valence-electron chi connectivity index (χ2n) is 6.42. The van der Waals surface area contributed by atoms with Crippen molar-refractivity contribution in [1.82, 2.24) is 9.55 Å². The number of ether oxygens (including phenoxy) is 1. The quantitative estimate of drug-likeness (QED) is 0.739. The number of aliphatic carboxylic acids is 1. The van der Waals surface area contributed by atoms with Crippen LogP contribution in [0.2, 0.25) is 0 Å². The van der Waals surface area contributed by atoms with Crippen molar-refractivity contribution in [2.45, 2.75) is 33.2 Å². The Morgan fingerprint density at radius 3 is 2.69 bits per heavy atom. The molecular formula is C19H20N2O4S. The molecule has 0 saturated heterocycles. The molecule has 0 aliphatic heterocycles. The van der Waals surface area contributed by atoms with E-state index in [1.807, 2.05) is 44.4 Å². The Morgan fingerprint density at radius 1 is 1.38 bits per heavy atom. The highest BCUT2D eigenvalue weighted by atomic mass is 32.1. The number of hydrogen-bond donors (Lipinski definition) is 1. The highest BCUT2D eigenvalue weighted by Crippen LogP contribution is 2.34. The molecule has 0 unspecified atom stereocenters. The van der Waals surface area contributed by atoms with Gasteiger partial charge in [0.1, 0.15) is 22.9 Å². The first kappa shape index (κ1) is 18.1. The predicted molar refractivity (Wildman–Crippen MR) is 102 cm³/mol.